The highest BCUT2D eigenvalue weighted by atomic mass is 32.2. The molecule has 0 spiro atoms. The Morgan fingerprint density at radius 3 is 2.55 bits per heavy atom. The molecule has 2 heterocycles. The first-order chi connectivity index (χ1) is 14.3. The second-order valence-corrected chi connectivity index (χ2v) is 8.15. The van der Waals surface area contributed by atoms with Gasteiger partial charge in [0.25, 0.3) is 0 Å². The van der Waals surface area contributed by atoms with Crippen LogP contribution in [0.25, 0.3) is 0 Å². The number of hydrogen-bond acceptors (Lipinski definition) is 5. The summed E-state index contributed by atoms with van der Waals surface area (Å²) < 4.78 is 0. The fraction of sp³-hybridized carbons (Fsp3) is 0.261. The van der Waals surface area contributed by atoms with Crippen molar-refractivity contribution in [1.82, 2.24) is 15.3 Å². The van der Waals surface area contributed by atoms with E-state index in [0.717, 1.165) is 40.7 Å². The minimum absolute atomic E-state index is 0.0379. The molecule has 1 atom stereocenters. The third-order valence-corrected chi connectivity index (χ3v) is 5.99. The van der Waals surface area contributed by atoms with E-state index in [1.54, 1.807) is 24.2 Å². The average Bonchev–Trinajstić information content (AvgIpc) is 2.79. The molecule has 4 rings (SSSR count). The molecule has 5 nitrogen and oxygen atoms in total. The highest BCUT2D eigenvalue weighted by molar-refractivity contribution is 7.99. The van der Waals surface area contributed by atoms with Crippen molar-refractivity contribution in [3.63, 3.8) is 0 Å². The summed E-state index contributed by atoms with van der Waals surface area (Å²) in [5.41, 5.74) is 1.11. The van der Waals surface area contributed by atoms with Gasteiger partial charge in [0.1, 0.15) is 5.03 Å². The summed E-state index contributed by atoms with van der Waals surface area (Å²) in [6.45, 7) is 2.13. The number of benzene rings is 2. The van der Waals surface area contributed by atoms with Crippen LogP contribution in [-0.4, -0.2) is 29.0 Å². The first-order valence-corrected chi connectivity index (χ1v) is 10.7. The number of hydrogen-bond donors (Lipinski definition) is 1. The van der Waals surface area contributed by atoms with Crippen LogP contribution in [0.1, 0.15) is 18.4 Å². The molecule has 0 radical (unpaired) electrons. The predicted molar refractivity (Wildman–Crippen MR) is 116 cm³/mol. The van der Waals surface area contributed by atoms with Crippen LogP contribution in [0.5, 0.6) is 0 Å². The molecule has 1 aliphatic rings. The molecule has 6 heteroatoms. The van der Waals surface area contributed by atoms with Gasteiger partial charge < -0.3 is 10.2 Å². The maximum absolute atomic E-state index is 12.7. The van der Waals surface area contributed by atoms with Gasteiger partial charge >= 0.3 is 0 Å². The van der Waals surface area contributed by atoms with Crippen molar-refractivity contribution < 1.29 is 4.79 Å². The Kier molecular flexibility index (Phi) is 6.42. The van der Waals surface area contributed by atoms with Crippen LogP contribution in [0, 0.1) is 5.92 Å². The average molecular weight is 405 g/mol. The van der Waals surface area contributed by atoms with Crippen LogP contribution in [0.4, 0.5) is 5.82 Å². The topological polar surface area (TPSA) is 58.1 Å². The fourth-order valence-corrected chi connectivity index (χ4v) is 4.42. The predicted octanol–water partition coefficient (Wildman–Crippen LogP) is 4.16. The summed E-state index contributed by atoms with van der Waals surface area (Å²) in [6, 6.07) is 20.2. The Balaban J connectivity index is 1.42. The smallest absolute Gasteiger partial charge is 0.225 e. The second-order valence-electron chi connectivity index (χ2n) is 7.09. The maximum Gasteiger partial charge on any atom is 0.225 e. The van der Waals surface area contributed by atoms with Gasteiger partial charge in [-0.05, 0) is 30.5 Å². The van der Waals surface area contributed by atoms with Crippen molar-refractivity contribution in [1.29, 1.82) is 0 Å². The van der Waals surface area contributed by atoms with Crippen LogP contribution in [-0.2, 0) is 11.3 Å². The van der Waals surface area contributed by atoms with Gasteiger partial charge in [-0.25, -0.2) is 9.97 Å². The van der Waals surface area contributed by atoms with E-state index < -0.39 is 0 Å². The van der Waals surface area contributed by atoms with Crippen LogP contribution in [0.15, 0.2) is 83.0 Å². The number of carbonyl (C=O) groups is 1. The molecule has 1 fully saturated rings. The van der Waals surface area contributed by atoms with E-state index in [1.165, 1.54) is 0 Å². The van der Waals surface area contributed by atoms with E-state index in [9.17, 15) is 4.79 Å². The molecule has 0 aliphatic carbocycles. The zero-order valence-electron chi connectivity index (χ0n) is 16.2. The number of anilines is 1. The second kappa shape index (κ2) is 9.56. The molecule has 1 N–H and O–H groups in total. The van der Waals surface area contributed by atoms with Crippen LogP contribution in [0.3, 0.4) is 0 Å². The molecule has 148 valence electrons. The quantitative estimate of drug-likeness (QED) is 0.668. The number of aromatic nitrogens is 2. The fourth-order valence-electron chi connectivity index (χ4n) is 3.52. The molecular weight excluding hydrogens is 380 g/mol. The van der Waals surface area contributed by atoms with Crippen LogP contribution < -0.4 is 10.2 Å². The summed E-state index contributed by atoms with van der Waals surface area (Å²) in [7, 11) is 0. The van der Waals surface area contributed by atoms with Crippen LogP contribution in [0.2, 0.25) is 0 Å². The lowest BCUT2D eigenvalue weighted by atomic mass is 9.97. The number of nitrogens with one attached hydrogen (secondary N) is 1. The Morgan fingerprint density at radius 1 is 1.03 bits per heavy atom. The van der Waals surface area contributed by atoms with E-state index in [1.807, 2.05) is 48.5 Å². The van der Waals surface area contributed by atoms with Crippen molar-refractivity contribution in [2.45, 2.75) is 29.3 Å². The maximum atomic E-state index is 12.7. The number of nitrogens with zero attached hydrogens (tertiary/aromatic N) is 3. The van der Waals surface area contributed by atoms with Gasteiger partial charge in [0.2, 0.25) is 5.91 Å². The van der Waals surface area contributed by atoms with E-state index >= 15 is 0 Å². The molecule has 2 aromatic carbocycles. The SMILES string of the molecule is O=C(NCc1ccccc1)C1CCCN(c2nccnc2Sc2ccccc2)C1. The Bertz CT molecular complexity index is 936. The van der Waals surface area contributed by atoms with E-state index in [0.29, 0.717) is 13.1 Å². The first kappa shape index (κ1) is 19.5. The lowest BCUT2D eigenvalue weighted by Crippen LogP contribution is -2.43. The molecule has 1 saturated heterocycles. The van der Waals surface area contributed by atoms with Gasteiger partial charge in [0, 0.05) is 36.9 Å². The zero-order valence-corrected chi connectivity index (χ0v) is 17.0. The highest BCUT2D eigenvalue weighted by Crippen LogP contribution is 2.33. The van der Waals surface area contributed by atoms with Gasteiger partial charge in [-0.15, -0.1) is 0 Å². The van der Waals surface area contributed by atoms with Gasteiger partial charge in [-0.2, -0.15) is 0 Å². The molecule has 1 amide bonds. The van der Waals surface area contributed by atoms with Crippen molar-refractivity contribution in [2.75, 3.05) is 18.0 Å². The third kappa shape index (κ3) is 5.15. The number of rotatable bonds is 6. The Morgan fingerprint density at radius 2 is 1.76 bits per heavy atom. The third-order valence-electron chi connectivity index (χ3n) is 5.01. The van der Waals surface area contributed by atoms with Crippen LogP contribution >= 0.6 is 11.8 Å². The summed E-state index contributed by atoms with van der Waals surface area (Å²) in [4.78, 5) is 25.2. The highest BCUT2D eigenvalue weighted by Gasteiger charge is 2.28. The summed E-state index contributed by atoms with van der Waals surface area (Å²) in [6.07, 6.45) is 5.32. The summed E-state index contributed by atoms with van der Waals surface area (Å²) >= 11 is 1.61. The minimum Gasteiger partial charge on any atom is -0.354 e. The monoisotopic (exact) mass is 404 g/mol. The van der Waals surface area contributed by atoms with Gasteiger partial charge in [0.05, 0.1) is 5.92 Å². The normalized spacial score (nSPS) is 16.4. The van der Waals surface area contributed by atoms with Gasteiger partial charge in [-0.1, -0.05) is 60.3 Å². The van der Waals surface area contributed by atoms with E-state index in [-0.39, 0.29) is 11.8 Å². The summed E-state index contributed by atoms with van der Waals surface area (Å²) in [5, 5.41) is 3.97. The van der Waals surface area contributed by atoms with Crippen molar-refractivity contribution in [2.24, 2.45) is 5.92 Å². The molecule has 1 unspecified atom stereocenters. The number of carbonyl (C=O) groups excluding carboxylic acids is 1. The molecule has 3 aromatic rings. The number of amides is 1. The first-order valence-electron chi connectivity index (χ1n) is 9.90. The molecule has 1 aromatic heterocycles. The molecule has 0 bridgehead atoms. The summed E-state index contributed by atoms with van der Waals surface area (Å²) in [5.74, 6) is 0.936. The number of piperidine rings is 1. The van der Waals surface area contributed by atoms with E-state index in [4.69, 9.17) is 0 Å². The van der Waals surface area contributed by atoms with Gasteiger partial charge in [0.15, 0.2) is 5.82 Å². The standard InChI is InChI=1S/C23H24N4OS/c28-22(26-16-18-8-3-1-4-9-18)19-10-7-15-27(17-19)21-23(25-14-13-24-21)29-20-11-5-2-6-12-20/h1-6,8-9,11-14,19H,7,10,15-17H2,(H,26,28). The van der Waals surface area contributed by atoms with Gasteiger partial charge in [-0.3, -0.25) is 4.79 Å². The van der Waals surface area contributed by atoms with Crippen molar-refractivity contribution in [3.05, 3.63) is 78.6 Å². The Labute approximate surface area is 175 Å². The zero-order chi connectivity index (χ0) is 19.9. The molecule has 29 heavy (non-hydrogen) atoms. The van der Waals surface area contributed by atoms with E-state index in [2.05, 4.69) is 32.3 Å². The largest absolute Gasteiger partial charge is 0.354 e. The molecule has 1 aliphatic heterocycles. The molecule has 0 saturated carbocycles. The van der Waals surface area contributed by atoms with Crippen molar-refractivity contribution in [3.8, 4) is 0 Å². The molecular formula is C23H24N4OS. The Hall–Kier alpha value is -2.86. The van der Waals surface area contributed by atoms with Crippen molar-refractivity contribution >= 4 is 23.5 Å². The minimum atomic E-state index is -0.0379. The lowest BCUT2D eigenvalue weighted by molar-refractivity contribution is -0.125. The lowest BCUT2D eigenvalue weighted by Gasteiger charge is -2.33.